The highest BCUT2D eigenvalue weighted by Gasteiger charge is 2.16. The summed E-state index contributed by atoms with van der Waals surface area (Å²) in [6.45, 7) is 4.03. The minimum absolute atomic E-state index is 0.00353. The number of aromatic nitrogens is 3. The lowest BCUT2D eigenvalue weighted by Crippen LogP contribution is -2.25. The van der Waals surface area contributed by atoms with Crippen molar-refractivity contribution in [1.82, 2.24) is 20.1 Å². The molecule has 0 aliphatic heterocycles. The number of allylic oxidation sites excluding steroid dienone is 1. The minimum atomic E-state index is -0.627. The highest BCUT2D eigenvalue weighted by molar-refractivity contribution is 7.99. The average molecular weight is 470 g/mol. The summed E-state index contributed by atoms with van der Waals surface area (Å²) >= 11 is 1.12. The molecule has 0 saturated carbocycles. The monoisotopic (exact) mass is 470 g/mol. The highest BCUT2D eigenvalue weighted by Crippen LogP contribution is 2.19. The molecule has 10 nitrogen and oxygen atoms in total. The largest absolute Gasteiger partial charge is 0.345 e. The predicted octanol–water partition coefficient (Wildman–Crippen LogP) is 3.17. The first-order valence-electron chi connectivity index (χ1n) is 9.62. The number of nitro groups is 1. The number of hydrogen-bond donors (Lipinski definition) is 2. The van der Waals surface area contributed by atoms with Crippen LogP contribution in [-0.4, -0.2) is 37.3 Å². The van der Waals surface area contributed by atoms with Gasteiger partial charge in [0, 0.05) is 24.4 Å². The Labute approximate surface area is 192 Å². The lowest BCUT2D eigenvalue weighted by atomic mass is 10.2. The normalized spacial score (nSPS) is 10.5. The van der Waals surface area contributed by atoms with Crippen molar-refractivity contribution in [2.24, 2.45) is 0 Å². The van der Waals surface area contributed by atoms with E-state index in [1.54, 1.807) is 16.7 Å². The van der Waals surface area contributed by atoms with Gasteiger partial charge >= 0.3 is 0 Å². The molecule has 0 unspecified atom stereocenters. The second-order valence-corrected chi connectivity index (χ2v) is 7.54. The summed E-state index contributed by atoms with van der Waals surface area (Å²) in [6.07, 6.45) is 1.62. The molecule has 0 saturated heterocycles. The zero-order valence-electron chi connectivity index (χ0n) is 17.2. The Morgan fingerprint density at radius 3 is 2.58 bits per heavy atom. The van der Waals surface area contributed by atoms with Crippen molar-refractivity contribution in [2.45, 2.75) is 18.2 Å². The van der Waals surface area contributed by atoms with Crippen LogP contribution in [0.15, 0.2) is 66.3 Å². The number of rotatable bonds is 10. The van der Waals surface area contributed by atoms with Gasteiger partial charge in [-0.3, -0.25) is 19.7 Å². The van der Waals surface area contributed by atoms with E-state index < -0.39 is 16.6 Å². The maximum Gasteiger partial charge on any atom is 0.269 e. The van der Waals surface area contributed by atoms with Gasteiger partial charge in [0.1, 0.15) is 5.82 Å². The molecule has 0 bridgehead atoms. The summed E-state index contributed by atoms with van der Waals surface area (Å²) in [6, 6.07) is 11.1. The number of hydrogen-bond acceptors (Lipinski definition) is 7. The number of carbonyl (C=O) groups excluding carboxylic acids is 2. The zero-order chi connectivity index (χ0) is 23.8. The fourth-order valence-corrected chi connectivity index (χ4v) is 3.53. The van der Waals surface area contributed by atoms with Crippen molar-refractivity contribution in [3.8, 4) is 0 Å². The van der Waals surface area contributed by atoms with Crippen LogP contribution in [0, 0.1) is 15.9 Å². The second kappa shape index (κ2) is 11.0. The summed E-state index contributed by atoms with van der Waals surface area (Å²) in [4.78, 5) is 34.7. The van der Waals surface area contributed by atoms with E-state index in [1.165, 1.54) is 42.5 Å². The molecular weight excluding hydrogens is 451 g/mol. The quantitative estimate of drug-likeness (QED) is 0.201. The minimum Gasteiger partial charge on any atom is -0.345 e. The number of non-ortho nitro benzene ring substituents is 1. The number of nitrogens with zero attached hydrogens (tertiary/aromatic N) is 4. The number of nitro benzene ring substituents is 1. The standard InChI is InChI=1S/C21H19FN6O4S/c1-2-11-27-18(12-23-20(30)16-5-3-4-6-17(16)22)25-26-21(27)33-13-19(29)24-14-7-9-15(10-8-14)28(31)32/h2-10H,1,11-13H2,(H,23,30)(H,24,29). The summed E-state index contributed by atoms with van der Waals surface area (Å²) in [5.41, 5.74) is 0.273. The third-order valence-electron chi connectivity index (χ3n) is 4.32. The van der Waals surface area contributed by atoms with Crippen LogP contribution in [0.5, 0.6) is 0 Å². The zero-order valence-corrected chi connectivity index (χ0v) is 18.0. The molecule has 2 N–H and O–H groups in total. The van der Waals surface area contributed by atoms with Crippen molar-refractivity contribution < 1.29 is 18.9 Å². The fraction of sp³-hybridized carbons (Fsp3) is 0.143. The lowest BCUT2D eigenvalue weighted by Gasteiger charge is -2.09. The fourth-order valence-electron chi connectivity index (χ4n) is 2.76. The van der Waals surface area contributed by atoms with Crippen LogP contribution >= 0.6 is 11.8 Å². The molecule has 0 aliphatic rings. The van der Waals surface area contributed by atoms with Gasteiger partial charge in [0.2, 0.25) is 5.91 Å². The Hall–Kier alpha value is -4.06. The molecule has 0 atom stereocenters. The first-order valence-corrected chi connectivity index (χ1v) is 10.6. The van der Waals surface area contributed by atoms with Crippen molar-refractivity contribution in [3.63, 3.8) is 0 Å². The van der Waals surface area contributed by atoms with Crippen LogP contribution in [0.3, 0.4) is 0 Å². The molecule has 0 radical (unpaired) electrons. The summed E-state index contributed by atoms with van der Waals surface area (Å²) < 4.78 is 15.5. The van der Waals surface area contributed by atoms with Gasteiger partial charge in [-0.25, -0.2) is 4.39 Å². The Kier molecular flexibility index (Phi) is 7.86. The number of amides is 2. The maximum absolute atomic E-state index is 13.8. The number of anilines is 1. The summed E-state index contributed by atoms with van der Waals surface area (Å²) in [5.74, 6) is -1.13. The Morgan fingerprint density at radius 2 is 1.91 bits per heavy atom. The highest BCUT2D eigenvalue weighted by atomic mass is 32.2. The van der Waals surface area contributed by atoms with Gasteiger partial charge < -0.3 is 15.2 Å². The van der Waals surface area contributed by atoms with Gasteiger partial charge in [-0.15, -0.1) is 16.8 Å². The number of thioether (sulfide) groups is 1. The molecule has 0 aliphatic carbocycles. The molecule has 3 rings (SSSR count). The van der Waals surface area contributed by atoms with Crippen molar-refractivity contribution in [1.29, 1.82) is 0 Å². The molecule has 1 aromatic heterocycles. The van der Waals surface area contributed by atoms with Gasteiger partial charge in [-0.2, -0.15) is 0 Å². The molecule has 1 heterocycles. The molecule has 2 amide bonds. The molecule has 0 spiro atoms. The van der Waals surface area contributed by atoms with Gasteiger partial charge in [-0.05, 0) is 24.3 Å². The van der Waals surface area contributed by atoms with Crippen LogP contribution in [0.2, 0.25) is 0 Å². The Morgan fingerprint density at radius 1 is 1.18 bits per heavy atom. The van der Waals surface area contributed by atoms with E-state index in [9.17, 15) is 24.1 Å². The Bertz CT molecular complexity index is 1180. The van der Waals surface area contributed by atoms with Crippen molar-refractivity contribution in [2.75, 3.05) is 11.1 Å². The third kappa shape index (κ3) is 6.23. The van der Waals surface area contributed by atoms with Crippen LogP contribution in [0.4, 0.5) is 15.8 Å². The van der Waals surface area contributed by atoms with Crippen LogP contribution in [0.25, 0.3) is 0 Å². The molecule has 170 valence electrons. The van der Waals surface area contributed by atoms with E-state index in [4.69, 9.17) is 0 Å². The third-order valence-corrected chi connectivity index (χ3v) is 5.29. The first-order chi connectivity index (χ1) is 15.9. The Balaban J connectivity index is 1.60. The molecular formula is C21H19FN6O4S. The molecule has 12 heteroatoms. The van der Waals surface area contributed by atoms with Crippen molar-refractivity contribution in [3.05, 3.63) is 88.5 Å². The molecule has 3 aromatic rings. The SMILES string of the molecule is C=CCn1c(CNC(=O)c2ccccc2F)nnc1SCC(=O)Nc1ccc([N+](=O)[O-])cc1. The number of halogens is 1. The lowest BCUT2D eigenvalue weighted by molar-refractivity contribution is -0.384. The van der Waals surface area contributed by atoms with E-state index in [-0.39, 0.29) is 29.5 Å². The van der Waals surface area contributed by atoms with E-state index in [0.717, 1.165) is 11.8 Å². The molecule has 2 aromatic carbocycles. The topological polar surface area (TPSA) is 132 Å². The number of nitrogens with one attached hydrogen (secondary N) is 2. The first kappa shape index (κ1) is 23.6. The number of benzene rings is 2. The van der Waals surface area contributed by atoms with Crippen LogP contribution in [-0.2, 0) is 17.9 Å². The van der Waals surface area contributed by atoms with Crippen molar-refractivity contribution >= 4 is 35.0 Å². The van der Waals surface area contributed by atoms with Gasteiger partial charge in [0.05, 0.1) is 22.8 Å². The van der Waals surface area contributed by atoms with Gasteiger partial charge in [-0.1, -0.05) is 30.0 Å². The molecule has 0 fully saturated rings. The van der Waals surface area contributed by atoms with E-state index >= 15 is 0 Å². The maximum atomic E-state index is 13.8. The molecule has 33 heavy (non-hydrogen) atoms. The average Bonchev–Trinajstić information content (AvgIpc) is 3.18. The van der Waals surface area contributed by atoms with Gasteiger partial charge in [0.25, 0.3) is 11.6 Å². The summed E-state index contributed by atoms with van der Waals surface area (Å²) in [7, 11) is 0. The number of carbonyl (C=O) groups is 2. The smallest absolute Gasteiger partial charge is 0.269 e. The predicted molar refractivity (Wildman–Crippen MR) is 120 cm³/mol. The van der Waals surface area contributed by atoms with Crippen LogP contribution in [0.1, 0.15) is 16.2 Å². The van der Waals surface area contributed by atoms with Crippen LogP contribution < -0.4 is 10.6 Å². The van der Waals surface area contributed by atoms with E-state index in [1.807, 2.05) is 0 Å². The van der Waals surface area contributed by atoms with E-state index in [0.29, 0.717) is 23.2 Å². The summed E-state index contributed by atoms with van der Waals surface area (Å²) in [5, 5.41) is 24.5. The van der Waals surface area contributed by atoms with Gasteiger partial charge in [0.15, 0.2) is 11.0 Å². The van der Waals surface area contributed by atoms with E-state index in [2.05, 4.69) is 27.4 Å². The second-order valence-electron chi connectivity index (χ2n) is 6.60.